The summed E-state index contributed by atoms with van der Waals surface area (Å²) in [5.41, 5.74) is -1.84. The molecular weight excluding hydrogens is 305 g/mol. The number of imide groups is 1. The van der Waals surface area contributed by atoms with Crippen molar-refractivity contribution in [2.75, 3.05) is 11.9 Å². The van der Waals surface area contributed by atoms with E-state index >= 15 is 0 Å². The zero-order valence-electron chi connectivity index (χ0n) is 10.8. The fourth-order valence-corrected chi connectivity index (χ4v) is 1.66. The first kappa shape index (κ1) is 15.5. The van der Waals surface area contributed by atoms with E-state index in [1.54, 1.807) is 0 Å². The lowest BCUT2D eigenvalue weighted by Crippen LogP contribution is -2.53. The Morgan fingerprint density at radius 1 is 1.23 bits per heavy atom. The van der Waals surface area contributed by atoms with Crippen LogP contribution in [0.2, 0.25) is 0 Å². The van der Waals surface area contributed by atoms with Crippen molar-refractivity contribution in [1.82, 2.24) is 10.6 Å². The molecule has 1 aliphatic rings. The van der Waals surface area contributed by atoms with Gasteiger partial charge in [-0.1, -0.05) is 12.1 Å². The van der Waals surface area contributed by atoms with Gasteiger partial charge in [-0.15, -0.1) is 0 Å². The minimum absolute atomic E-state index is 0.293. The van der Waals surface area contributed by atoms with Gasteiger partial charge in [-0.25, -0.2) is 9.59 Å². The van der Waals surface area contributed by atoms with Gasteiger partial charge in [-0.2, -0.15) is 18.2 Å². The molecule has 0 spiro atoms. The fraction of sp³-hybridized carbons (Fsp3) is 0.167. The van der Waals surface area contributed by atoms with E-state index in [0.29, 0.717) is 0 Å². The Bertz CT molecular complexity index is 670. The molecule has 1 aromatic rings. The Kier molecular flexibility index (Phi) is 4.11. The van der Waals surface area contributed by atoms with Gasteiger partial charge in [0.2, 0.25) is 0 Å². The smallest absolute Gasteiger partial charge is 0.332 e. The van der Waals surface area contributed by atoms with Crippen LogP contribution >= 0.6 is 0 Å². The summed E-state index contributed by atoms with van der Waals surface area (Å²) in [6, 6.07) is 2.45. The van der Waals surface area contributed by atoms with Crippen molar-refractivity contribution in [3.05, 3.63) is 29.8 Å². The predicted octanol–water partition coefficient (Wildman–Crippen LogP) is 1.52. The number of para-hydroxylation sites is 1. The number of urea groups is 2. The molecule has 22 heavy (non-hydrogen) atoms. The summed E-state index contributed by atoms with van der Waals surface area (Å²) in [6.45, 7) is -0.293. The Hall–Kier alpha value is -2.91. The zero-order valence-corrected chi connectivity index (χ0v) is 10.8. The van der Waals surface area contributed by atoms with E-state index in [-0.39, 0.29) is 12.3 Å². The van der Waals surface area contributed by atoms with E-state index in [1.807, 2.05) is 10.6 Å². The van der Waals surface area contributed by atoms with Crippen molar-refractivity contribution >= 4 is 29.4 Å². The molecule has 10 heteroatoms. The molecule has 0 aromatic heterocycles. The molecule has 0 bridgehead atoms. The predicted molar refractivity (Wildman–Crippen MR) is 69.4 cm³/mol. The van der Waals surface area contributed by atoms with E-state index in [4.69, 9.17) is 0 Å². The van der Waals surface area contributed by atoms with Crippen molar-refractivity contribution in [3.8, 4) is 0 Å². The fourth-order valence-electron chi connectivity index (χ4n) is 1.66. The maximum absolute atomic E-state index is 12.8. The number of hydrogen-bond acceptors (Lipinski definition) is 3. The molecule has 3 N–H and O–H groups in total. The van der Waals surface area contributed by atoms with Crippen LogP contribution in [0.4, 0.5) is 28.4 Å². The second-order valence-corrected chi connectivity index (χ2v) is 4.17. The van der Waals surface area contributed by atoms with E-state index in [1.165, 1.54) is 12.1 Å². The van der Waals surface area contributed by atoms with Crippen LogP contribution in [0.1, 0.15) is 5.56 Å². The summed E-state index contributed by atoms with van der Waals surface area (Å²) in [5, 5.41) is 6.02. The molecule has 1 aromatic carbocycles. The Labute approximate surface area is 121 Å². The number of aliphatic imine (C=N–C) groups is 1. The van der Waals surface area contributed by atoms with E-state index in [9.17, 15) is 27.6 Å². The topological polar surface area (TPSA) is 99.7 Å². The number of rotatable bonds is 1. The molecule has 1 aliphatic heterocycles. The number of nitrogens with one attached hydrogen (secondary N) is 3. The lowest BCUT2D eigenvalue weighted by molar-refractivity contribution is -0.136. The zero-order chi connectivity index (χ0) is 16.3. The third-order valence-corrected chi connectivity index (χ3v) is 2.62. The van der Waals surface area contributed by atoms with Gasteiger partial charge in [-0.3, -0.25) is 10.1 Å². The van der Waals surface area contributed by atoms with Crippen LogP contribution in [-0.2, 0) is 11.0 Å². The molecule has 1 heterocycles. The number of anilines is 1. The molecule has 7 nitrogen and oxygen atoms in total. The van der Waals surface area contributed by atoms with Crippen LogP contribution in [0.3, 0.4) is 0 Å². The first-order chi connectivity index (χ1) is 10.3. The first-order valence-electron chi connectivity index (χ1n) is 5.91. The number of amides is 5. The number of hydrogen-bond donors (Lipinski definition) is 3. The quantitative estimate of drug-likeness (QED) is 0.732. The monoisotopic (exact) mass is 314 g/mol. The summed E-state index contributed by atoms with van der Waals surface area (Å²) >= 11 is 0. The highest BCUT2D eigenvalue weighted by molar-refractivity contribution is 6.45. The average Bonchev–Trinajstić information content (AvgIpc) is 2.41. The van der Waals surface area contributed by atoms with Crippen molar-refractivity contribution < 1.29 is 27.6 Å². The molecule has 0 aliphatic carbocycles. The third-order valence-electron chi connectivity index (χ3n) is 2.62. The van der Waals surface area contributed by atoms with Crippen LogP contribution < -0.4 is 16.0 Å². The van der Waals surface area contributed by atoms with Gasteiger partial charge < -0.3 is 10.6 Å². The van der Waals surface area contributed by atoms with Crippen molar-refractivity contribution in [3.63, 3.8) is 0 Å². The van der Waals surface area contributed by atoms with Crippen LogP contribution in [-0.4, -0.2) is 30.2 Å². The number of benzene rings is 1. The molecule has 116 valence electrons. The van der Waals surface area contributed by atoms with Gasteiger partial charge in [-0.05, 0) is 12.1 Å². The molecule has 5 amide bonds. The highest BCUT2D eigenvalue weighted by Crippen LogP contribution is 2.34. The van der Waals surface area contributed by atoms with Crippen LogP contribution in [0.25, 0.3) is 0 Å². The summed E-state index contributed by atoms with van der Waals surface area (Å²) in [6.07, 6.45) is -4.65. The van der Waals surface area contributed by atoms with E-state index in [2.05, 4.69) is 10.3 Å². The highest BCUT2D eigenvalue weighted by Gasteiger charge is 2.33. The van der Waals surface area contributed by atoms with Gasteiger partial charge in [0.1, 0.15) is 5.71 Å². The van der Waals surface area contributed by atoms with Crippen LogP contribution in [0, 0.1) is 0 Å². The van der Waals surface area contributed by atoms with Crippen LogP contribution in [0.15, 0.2) is 29.3 Å². The molecule has 0 atom stereocenters. The molecule has 0 radical (unpaired) electrons. The molecule has 0 saturated carbocycles. The largest absolute Gasteiger partial charge is 0.418 e. The number of carbonyl (C=O) groups is 3. The van der Waals surface area contributed by atoms with Gasteiger partial charge in [0, 0.05) is 0 Å². The molecule has 1 saturated heterocycles. The Morgan fingerprint density at radius 2 is 1.91 bits per heavy atom. The van der Waals surface area contributed by atoms with Crippen LogP contribution in [0.5, 0.6) is 0 Å². The van der Waals surface area contributed by atoms with Gasteiger partial charge in [0.15, 0.2) is 0 Å². The van der Waals surface area contributed by atoms with Crippen molar-refractivity contribution in [2.45, 2.75) is 6.18 Å². The van der Waals surface area contributed by atoms with Crippen molar-refractivity contribution in [1.29, 1.82) is 0 Å². The number of nitrogens with zero attached hydrogens (tertiary/aromatic N) is 1. The maximum atomic E-state index is 12.8. The normalized spacial score (nSPS) is 17.0. The number of halogens is 3. The molecule has 0 unspecified atom stereocenters. The van der Waals surface area contributed by atoms with Gasteiger partial charge in [0.05, 0.1) is 17.8 Å². The lowest BCUT2D eigenvalue weighted by Gasteiger charge is -2.15. The molecule has 2 rings (SSSR count). The highest BCUT2D eigenvalue weighted by atomic mass is 19.4. The standard InChI is InChI=1S/C12H9F3N4O3/c13-12(14,15)6-3-1-2-4-7(6)17-11(22)18-8-5-16-10(21)19-9(8)20/h1-4H,5H2,(H,17,22)(H2,16,19,20,21). The Balaban J connectivity index is 2.17. The molecule has 1 fully saturated rings. The number of carbonyl (C=O) groups excluding carboxylic acids is 3. The van der Waals surface area contributed by atoms with E-state index < -0.39 is 35.4 Å². The second kappa shape index (κ2) is 5.84. The number of alkyl halides is 3. The van der Waals surface area contributed by atoms with Crippen molar-refractivity contribution in [2.24, 2.45) is 4.99 Å². The van der Waals surface area contributed by atoms with E-state index in [0.717, 1.165) is 12.1 Å². The van der Waals surface area contributed by atoms with Gasteiger partial charge >= 0.3 is 18.2 Å². The summed E-state index contributed by atoms with van der Waals surface area (Å²) < 4.78 is 38.3. The SMILES string of the molecule is O=C(N=C1CNC(=O)NC1=O)Nc1ccccc1C(F)(F)F. The van der Waals surface area contributed by atoms with Gasteiger partial charge in [0.25, 0.3) is 5.91 Å². The Morgan fingerprint density at radius 3 is 2.55 bits per heavy atom. The average molecular weight is 314 g/mol. The minimum atomic E-state index is -4.65. The maximum Gasteiger partial charge on any atom is 0.418 e. The summed E-state index contributed by atoms with van der Waals surface area (Å²) in [5.74, 6) is -0.886. The summed E-state index contributed by atoms with van der Waals surface area (Å²) in [4.78, 5) is 37.2. The minimum Gasteiger partial charge on any atom is -0.332 e. The first-order valence-corrected chi connectivity index (χ1v) is 5.91. The second-order valence-electron chi connectivity index (χ2n) is 4.17. The molecular formula is C12H9F3N4O3. The summed E-state index contributed by atoms with van der Waals surface area (Å²) in [7, 11) is 0. The lowest BCUT2D eigenvalue weighted by atomic mass is 10.1. The third kappa shape index (κ3) is 3.59.